The van der Waals surface area contributed by atoms with E-state index in [-0.39, 0.29) is 24.1 Å². The number of pyridine rings is 1. The van der Waals surface area contributed by atoms with E-state index in [1.165, 1.54) is 13.0 Å². The van der Waals surface area contributed by atoms with Crippen molar-refractivity contribution in [2.45, 2.75) is 95.7 Å². The third kappa shape index (κ3) is 5.02. The van der Waals surface area contributed by atoms with Gasteiger partial charge in [0.15, 0.2) is 5.34 Å². The Balaban J connectivity index is 2.36. The Hall–Kier alpha value is -1.50. The van der Waals surface area contributed by atoms with Crippen LogP contribution in [0.1, 0.15) is 76.3 Å². The first-order valence-electron chi connectivity index (χ1n) is 10.8. The van der Waals surface area contributed by atoms with Gasteiger partial charge in [-0.3, -0.25) is 13.9 Å². The van der Waals surface area contributed by atoms with Gasteiger partial charge in [-0.15, -0.1) is 6.42 Å². The van der Waals surface area contributed by atoms with E-state index >= 15 is 0 Å². The van der Waals surface area contributed by atoms with Crippen LogP contribution >= 0.6 is 7.60 Å². The van der Waals surface area contributed by atoms with Crippen molar-refractivity contribution in [2.75, 3.05) is 0 Å². The van der Waals surface area contributed by atoms with Crippen LogP contribution in [0.5, 0.6) is 0 Å². The minimum Gasteiger partial charge on any atom is -0.388 e. The molecule has 10 heteroatoms. The standard InChI is InChI=1S/C22H34NO8P/c1-7-15-14(11-13(5)20(26)23-15)19-18(25)17(24)16(30-19)12-22(9-3,10-4)31-32(28,29)21(6,27)8-2/h1,11,16-19,24-25,27H,8-10,12H2,2-6H3,(H,23,26)(H,28,29). The molecule has 2 rings (SSSR count). The Morgan fingerprint density at radius 3 is 2.34 bits per heavy atom. The fraction of sp³-hybridized carbons (Fsp3) is 0.682. The zero-order chi connectivity index (χ0) is 24.5. The van der Waals surface area contributed by atoms with Crippen LogP contribution in [0.15, 0.2) is 10.9 Å². The number of hydrogen-bond acceptors (Lipinski definition) is 7. The highest BCUT2D eigenvalue weighted by atomic mass is 31.2. The zero-order valence-electron chi connectivity index (χ0n) is 19.2. The number of hydrogen-bond donors (Lipinski definition) is 5. The number of aliphatic hydroxyl groups excluding tert-OH is 2. The van der Waals surface area contributed by atoms with Gasteiger partial charge in [0.2, 0.25) is 0 Å². The van der Waals surface area contributed by atoms with Crippen LogP contribution in [0, 0.1) is 19.3 Å². The first-order valence-corrected chi connectivity index (χ1v) is 12.3. The van der Waals surface area contributed by atoms with Gasteiger partial charge in [-0.2, -0.15) is 0 Å². The summed E-state index contributed by atoms with van der Waals surface area (Å²) in [6.45, 7) is 7.93. The minimum absolute atomic E-state index is 0.00715. The van der Waals surface area contributed by atoms with Gasteiger partial charge >= 0.3 is 7.60 Å². The van der Waals surface area contributed by atoms with Gasteiger partial charge in [-0.05, 0) is 39.2 Å². The molecule has 0 aliphatic carbocycles. The number of aliphatic hydroxyl groups is 3. The summed E-state index contributed by atoms with van der Waals surface area (Å²) in [6.07, 6.45) is 1.47. The number of aromatic amines is 1. The lowest BCUT2D eigenvalue weighted by Crippen LogP contribution is -2.41. The Labute approximate surface area is 188 Å². The Kier molecular flexibility index (Phi) is 8.17. The van der Waals surface area contributed by atoms with Crippen LogP contribution in [-0.2, 0) is 13.8 Å². The molecule has 0 spiro atoms. The average Bonchev–Trinajstić information content (AvgIpc) is 3.02. The molecule has 2 heterocycles. The van der Waals surface area contributed by atoms with Gasteiger partial charge in [0.25, 0.3) is 5.56 Å². The molecule has 0 radical (unpaired) electrons. The van der Waals surface area contributed by atoms with Crippen LogP contribution < -0.4 is 5.56 Å². The molecule has 180 valence electrons. The summed E-state index contributed by atoms with van der Waals surface area (Å²) >= 11 is 0. The molecule has 1 aromatic rings. The monoisotopic (exact) mass is 471 g/mol. The van der Waals surface area contributed by atoms with Crippen molar-refractivity contribution in [3.8, 4) is 12.3 Å². The second-order valence-electron chi connectivity index (χ2n) is 8.61. The van der Waals surface area contributed by atoms with Crippen LogP contribution in [-0.4, -0.2) is 54.5 Å². The van der Waals surface area contributed by atoms with E-state index in [9.17, 15) is 29.6 Å². The number of aryl methyl sites for hydroxylation is 1. The summed E-state index contributed by atoms with van der Waals surface area (Å²) in [5, 5.41) is 29.8. The highest BCUT2D eigenvalue weighted by Gasteiger charge is 2.51. The molecule has 1 aliphatic heterocycles. The zero-order valence-corrected chi connectivity index (χ0v) is 20.1. The second kappa shape index (κ2) is 9.78. The molecule has 1 saturated heterocycles. The SMILES string of the molecule is C#Cc1[nH]c(=O)c(C)cc1C1OC(CC(CC)(CC)OP(=O)(O)C(C)(O)CC)C(O)C1O. The number of H-pyrrole nitrogens is 1. The van der Waals surface area contributed by atoms with Crippen LogP contribution in [0.3, 0.4) is 0 Å². The van der Waals surface area contributed by atoms with Crippen molar-refractivity contribution >= 4 is 7.60 Å². The van der Waals surface area contributed by atoms with Gasteiger partial charge in [-0.1, -0.05) is 26.7 Å². The van der Waals surface area contributed by atoms with Gasteiger partial charge in [0.05, 0.1) is 17.4 Å². The van der Waals surface area contributed by atoms with Crippen LogP contribution in [0.4, 0.5) is 0 Å². The summed E-state index contributed by atoms with van der Waals surface area (Å²) in [5.41, 5.74) is -0.683. The molecule has 6 unspecified atom stereocenters. The molecule has 0 amide bonds. The van der Waals surface area contributed by atoms with Crippen molar-refractivity contribution < 1.29 is 34.0 Å². The molecule has 0 aromatic carbocycles. The van der Waals surface area contributed by atoms with E-state index in [0.29, 0.717) is 24.0 Å². The smallest absolute Gasteiger partial charge is 0.359 e. The molecule has 1 aliphatic rings. The fourth-order valence-corrected chi connectivity index (χ4v) is 5.26. The largest absolute Gasteiger partial charge is 0.388 e. The van der Waals surface area contributed by atoms with Crippen molar-refractivity contribution in [2.24, 2.45) is 0 Å². The number of nitrogens with one attached hydrogen (secondary N) is 1. The van der Waals surface area contributed by atoms with E-state index in [0.717, 1.165) is 0 Å². The van der Waals surface area contributed by atoms with Gasteiger partial charge in [0, 0.05) is 17.5 Å². The lowest BCUT2D eigenvalue weighted by molar-refractivity contribution is -0.0618. The first-order chi connectivity index (χ1) is 14.8. The predicted molar refractivity (Wildman–Crippen MR) is 119 cm³/mol. The molecule has 1 aromatic heterocycles. The summed E-state index contributed by atoms with van der Waals surface area (Å²) in [5.74, 6) is 2.36. The quantitative estimate of drug-likeness (QED) is 0.272. The van der Waals surface area contributed by atoms with Crippen molar-refractivity contribution in [1.82, 2.24) is 4.98 Å². The normalized spacial score (nSPS) is 27.5. The van der Waals surface area contributed by atoms with Gasteiger partial charge < -0.3 is 29.9 Å². The lowest BCUT2D eigenvalue weighted by atomic mass is 9.88. The van der Waals surface area contributed by atoms with Crippen LogP contribution in [0.2, 0.25) is 0 Å². The van der Waals surface area contributed by atoms with Crippen molar-refractivity contribution in [3.63, 3.8) is 0 Å². The van der Waals surface area contributed by atoms with Gasteiger partial charge in [0.1, 0.15) is 18.3 Å². The van der Waals surface area contributed by atoms with Gasteiger partial charge in [-0.25, -0.2) is 0 Å². The molecule has 1 fully saturated rings. The summed E-state index contributed by atoms with van der Waals surface area (Å²) in [6, 6.07) is 1.51. The summed E-state index contributed by atoms with van der Waals surface area (Å²) < 4.78 is 24.5. The van der Waals surface area contributed by atoms with E-state index in [1.807, 2.05) is 0 Å². The van der Waals surface area contributed by atoms with Crippen molar-refractivity contribution in [1.29, 1.82) is 0 Å². The lowest BCUT2D eigenvalue weighted by Gasteiger charge is -2.39. The number of rotatable bonds is 9. The highest BCUT2D eigenvalue weighted by Crippen LogP contribution is 2.59. The predicted octanol–water partition coefficient (Wildman–Crippen LogP) is 2.10. The van der Waals surface area contributed by atoms with E-state index < -0.39 is 43.0 Å². The Morgan fingerprint density at radius 2 is 1.84 bits per heavy atom. The molecule has 0 saturated carbocycles. The van der Waals surface area contributed by atoms with E-state index in [4.69, 9.17) is 15.7 Å². The summed E-state index contributed by atoms with van der Waals surface area (Å²) in [4.78, 5) is 24.9. The van der Waals surface area contributed by atoms with Crippen LogP contribution in [0.25, 0.3) is 0 Å². The maximum absolute atomic E-state index is 12.8. The topological polar surface area (TPSA) is 149 Å². The van der Waals surface area contributed by atoms with E-state index in [1.54, 1.807) is 27.7 Å². The maximum Gasteiger partial charge on any atom is 0.359 e. The molecule has 0 bridgehead atoms. The molecule has 32 heavy (non-hydrogen) atoms. The number of aromatic nitrogens is 1. The Morgan fingerprint density at radius 1 is 1.25 bits per heavy atom. The third-order valence-electron chi connectivity index (χ3n) is 6.53. The second-order valence-corrected chi connectivity index (χ2v) is 10.8. The number of terminal acetylenes is 1. The highest BCUT2D eigenvalue weighted by molar-refractivity contribution is 7.54. The average molecular weight is 471 g/mol. The minimum atomic E-state index is -4.45. The Bertz CT molecular complexity index is 962. The van der Waals surface area contributed by atoms with E-state index in [2.05, 4.69) is 10.9 Å². The van der Waals surface area contributed by atoms with Crippen molar-refractivity contribution in [3.05, 3.63) is 33.2 Å². The number of ether oxygens (including phenoxy) is 1. The third-order valence-corrected chi connectivity index (χ3v) is 8.70. The fourth-order valence-electron chi connectivity index (χ4n) is 3.81. The summed E-state index contributed by atoms with van der Waals surface area (Å²) in [7, 11) is -4.45. The first kappa shape index (κ1) is 26.7. The molecular weight excluding hydrogens is 437 g/mol. The molecular formula is C22H34NO8P. The maximum atomic E-state index is 12.8. The molecule has 9 nitrogen and oxygen atoms in total. The molecule has 5 N–H and O–H groups in total. The molecule has 6 atom stereocenters.